The molecule has 0 bridgehead atoms. The Morgan fingerprint density at radius 3 is 1.59 bits per heavy atom. The van der Waals surface area contributed by atoms with Crippen LogP contribution in [0.1, 0.15) is 23.3 Å². The second kappa shape index (κ2) is 5.98. The predicted molar refractivity (Wildman–Crippen MR) is 82.7 cm³/mol. The molecule has 5 nitrogen and oxygen atoms in total. The normalized spacial score (nSPS) is 21.0. The highest BCUT2D eigenvalue weighted by atomic mass is 35.7. The Morgan fingerprint density at radius 2 is 1.23 bits per heavy atom. The fourth-order valence-electron chi connectivity index (χ4n) is 2.27. The Kier molecular flexibility index (Phi) is 4.04. The number of ether oxygens (including phenoxy) is 2. The first-order valence-corrected chi connectivity index (χ1v) is 8.77. The predicted octanol–water partition coefficient (Wildman–Crippen LogP) is 3.36. The number of rotatable bonds is 3. The zero-order valence-electron chi connectivity index (χ0n) is 11.3. The molecule has 1 heterocycles. The van der Waals surface area contributed by atoms with Crippen molar-refractivity contribution in [3.8, 4) is 0 Å². The minimum absolute atomic E-state index is 0.349. The van der Waals surface area contributed by atoms with Gasteiger partial charge in [0, 0.05) is 10.7 Å². The lowest BCUT2D eigenvalue weighted by molar-refractivity contribution is 0.159. The summed E-state index contributed by atoms with van der Waals surface area (Å²) in [5.41, 5.74) is 1.71. The molecule has 114 valence electrons. The Bertz CT molecular complexity index is 728. The molecule has 7 heteroatoms. The van der Waals surface area contributed by atoms with Crippen LogP contribution in [0.5, 0.6) is 0 Å². The van der Waals surface area contributed by atoms with Gasteiger partial charge in [-0.25, -0.2) is 0 Å². The van der Waals surface area contributed by atoms with Crippen LogP contribution in [0.3, 0.4) is 0 Å². The largest absolute Gasteiger partial charge is 0.437 e. The summed E-state index contributed by atoms with van der Waals surface area (Å²) in [5, 5.41) is 0. The molecular formula is C15H12ClNO4S. The van der Waals surface area contributed by atoms with Crippen LogP contribution in [0.4, 0.5) is 0 Å². The van der Waals surface area contributed by atoms with Crippen molar-refractivity contribution in [3.63, 3.8) is 0 Å². The van der Waals surface area contributed by atoms with Crippen LogP contribution in [0.15, 0.2) is 65.1 Å². The van der Waals surface area contributed by atoms with Crippen molar-refractivity contribution in [2.45, 2.75) is 12.2 Å². The first kappa shape index (κ1) is 14.9. The van der Waals surface area contributed by atoms with Gasteiger partial charge in [0.05, 0.1) is 0 Å². The number of halogens is 1. The van der Waals surface area contributed by atoms with Crippen LogP contribution in [0, 0.1) is 0 Å². The maximum Gasteiger partial charge on any atom is 0.402 e. The van der Waals surface area contributed by atoms with Gasteiger partial charge in [0.2, 0.25) is 0 Å². The van der Waals surface area contributed by atoms with E-state index in [0.717, 1.165) is 11.1 Å². The van der Waals surface area contributed by atoms with E-state index < -0.39 is 21.4 Å². The zero-order valence-corrected chi connectivity index (χ0v) is 12.9. The van der Waals surface area contributed by atoms with E-state index in [1.54, 1.807) is 0 Å². The molecule has 3 rings (SSSR count). The van der Waals surface area contributed by atoms with Crippen LogP contribution in [-0.2, 0) is 18.7 Å². The van der Waals surface area contributed by atoms with E-state index in [9.17, 15) is 8.42 Å². The Hall–Kier alpha value is -2.05. The van der Waals surface area contributed by atoms with Gasteiger partial charge in [-0.15, -0.1) is 0 Å². The first-order chi connectivity index (χ1) is 10.5. The molecule has 0 N–H and O–H groups in total. The van der Waals surface area contributed by atoms with Crippen molar-refractivity contribution < 1.29 is 17.9 Å². The molecule has 1 saturated heterocycles. The van der Waals surface area contributed by atoms with Gasteiger partial charge in [0.25, 0.3) is 0 Å². The average Bonchev–Trinajstić information content (AvgIpc) is 2.91. The van der Waals surface area contributed by atoms with E-state index in [4.69, 9.17) is 20.2 Å². The van der Waals surface area contributed by atoms with Crippen molar-refractivity contribution >= 4 is 26.0 Å². The third kappa shape index (κ3) is 3.40. The maximum atomic E-state index is 11.1. The molecule has 2 atom stereocenters. The first-order valence-electron chi connectivity index (χ1n) is 6.51. The summed E-state index contributed by atoms with van der Waals surface area (Å²) in [6, 6.07) is 18.8. The van der Waals surface area contributed by atoms with E-state index >= 15 is 0 Å². The zero-order chi connectivity index (χ0) is 15.6. The van der Waals surface area contributed by atoms with Crippen LogP contribution >= 0.6 is 10.7 Å². The molecule has 1 aliphatic rings. The molecule has 1 aliphatic heterocycles. The average molecular weight is 338 g/mol. The van der Waals surface area contributed by atoms with Gasteiger partial charge in [-0.3, -0.25) is 0 Å². The third-order valence-corrected chi connectivity index (χ3v) is 3.74. The highest BCUT2D eigenvalue weighted by Crippen LogP contribution is 2.40. The SMILES string of the molecule is O=S(=O)(Cl)N=C1O[C@H](c2ccccc2)[C@@H](c2ccccc2)O1. The van der Waals surface area contributed by atoms with Crippen LogP contribution in [0.2, 0.25) is 0 Å². The second-order valence-corrected chi connectivity index (χ2v) is 6.84. The molecule has 2 aromatic carbocycles. The molecule has 1 fully saturated rings. The monoisotopic (exact) mass is 337 g/mol. The quantitative estimate of drug-likeness (QED) is 0.806. The van der Waals surface area contributed by atoms with Crippen LogP contribution in [-0.4, -0.2) is 14.5 Å². The van der Waals surface area contributed by atoms with Crippen molar-refractivity contribution in [1.29, 1.82) is 0 Å². The molecular weight excluding hydrogens is 326 g/mol. The summed E-state index contributed by atoms with van der Waals surface area (Å²) in [4.78, 5) is 0. The molecule has 0 aromatic heterocycles. The van der Waals surface area contributed by atoms with Gasteiger partial charge in [-0.1, -0.05) is 65.1 Å². The van der Waals surface area contributed by atoms with Gasteiger partial charge in [-0.05, 0) is 11.1 Å². The fourth-order valence-corrected chi connectivity index (χ4v) is 2.70. The van der Waals surface area contributed by atoms with Crippen molar-refractivity contribution in [2.24, 2.45) is 4.40 Å². The molecule has 0 saturated carbocycles. The maximum absolute atomic E-state index is 11.1. The highest BCUT2D eigenvalue weighted by molar-refractivity contribution is 8.12. The van der Waals surface area contributed by atoms with Gasteiger partial charge in [-0.2, -0.15) is 8.42 Å². The summed E-state index contributed by atoms with van der Waals surface area (Å²) in [5.74, 6) is 0. The minimum atomic E-state index is -4.11. The smallest absolute Gasteiger partial charge is 0.402 e. The lowest BCUT2D eigenvalue weighted by Crippen LogP contribution is -2.06. The lowest BCUT2D eigenvalue weighted by Gasteiger charge is -2.16. The Labute approximate surface area is 132 Å². The van der Waals surface area contributed by atoms with Gasteiger partial charge in [0.15, 0.2) is 12.2 Å². The standard InChI is InChI=1S/C15H12ClNO4S/c16-22(18,19)17-15-20-13(11-7-3-1-4-8-11)14(21-15)12-9-5-2-6-10-12/h1-10,13-14H/t13-,14-/m1/s1. The van der Waals surface area contributed by atoms with E-state index in [1.165, 1.54) is 0 Å². The summed E-state index contributed by atoms with van der Waals surface area (Å²) >= 11 is 0. The van der Waals surface area contributed by atoms with Crippen LogP contribution in [0.25, 0.3) is 0 Å². The van der Waals surface area contributed by atoms with E-state index in [0.29, 0.717) is 0 Å². The Balaban J connectivity index is 1.99. The summed E-state index contributed by atoms with van der Waals surface area (Å²) in [6.45, 7) is 0. The fraction of sp³-hybridized carbons (Fsp3) is 0.133. The van der Waals surface area contributed by atoms with E-state index in [-0.39, 0.29) is 6.08 Å². The van der Waals surface area contributed by atoms with E-state index in [1.807, 2.05) is 60.7 Å². The van der Waals surface area contributed by atoms with Crippen molar-refractivity contribution in [3.05, 3.63) is 71.8 Å². The molecule has 0 aliphatic carbocycles. The van der Waals surface area contributed by atoms with Crippen molar-refractivity contribution in [2.75, 3.05) is 0 Å². The van der Waals surface area contributed by atoms with Crippen molar-refractivity contribution in [1.82, 2.24) is 0 Å². The summed E-state index contributed by atoms with van der Waals surface area (Å²) in [6.07, 6.45) is -1.35. The molecule has 0 spiro atoms. The molecule has 22 heavy (non-hydrogen) atoms. The number of hydrogen-bond donors (Lipinski definition) is 0. The number of nitrogens with zero attached hydrogens (tertiary/aromatic N) is 1. The lowest BCUT2D eigenvalue weighted by atomic mass is 9.99. The molecule has 0 unspecified atom stereocenters. The molecule has 2 aromatic rings. The second-order valence-electron chi connectivity index (χ2n) is 4.67. The number of hydrogen-bond acceptors (Lipinski definition) is 4. The van der Waals surface area contributed by atoms with Gasteiger partial charge < -0.3 is 9.47 Å². The molecule has 0 radical (unpaired) electrons. The molecule has 0 amide bonds. The minimum Gasteiger partial charge on any atom is -0.437 e. The van der Waals surface area contributed by atoms with Crippen LogP contribution < -0.4 is 0 Å². The third-order valence-electron chi connectivity index (χ3n) is 3.17. The Morgan fingerprint density at radius 1 is 0.818 bits per heavy atom. The summed E-state index contributed by atoms with van der Waals surface area (Å²) in [7, 11) is 1.02. The van der Waals surface area contributed by atoms with Gasteiger partial charge in [0.1, 0.15) is 0 Å². The number of benzene rings is 2. The summed E-state index contributed by atoms with van der Waals surface area (Å²) < 4.78 is 36.6. The van der Waals surface area contributed by atoms with E-state index in [2.05, 4.69) is 4.40 Å². The van der Waals surface area contributed by atoms with Gasteiger partial charge >= 0.3 is 15.3 Å². The topological polar surface area (TPSA) is 65.0 Å². The highest BCUT2D eigenvalue weighted by Gasteiger charge is 2.38.